The van der Waals surface area contributed by atoms with Gasteiger partial charge in [-0.2, -0.15) is 0 Å². The summed E-state index contributed by atoms with van der Waals surface area (Å²) >= 11 is 1.17. The SMILES string of the molecule is CC(C)C(=O)Nc1nc(CC(=O)NCC(F)(F)CN)cs1. The highest BCUT2D eigenvalue weighted by atomic mass is 32.1. The van der Waals surface area contributed by atoms with Gasteiger partial charge in [0.1, 0.15) is 0 Å². The topological polar surface area (TPSA) is 97.1 Å². The highest BCUT2D eigenvalue weighted by Gasteiger charge is 2.27. The maximum absolute atomic E-state index is 12.9. The van der Waals surface area contributed by atoms with Crippen molar-refractivity contribution >= 4 is 28.3 Å². The molecule has 1 aromatic heterocycles. The third kappa shape index (κ3) is 6.13. The van der Waals surface area contributed by atoms with E-state index in [9.17, 15) is 18.4 Å². The number of thiazole rings is 1. The van der Waals surface area contributed by atoms with Crippen LogP contribution in [0.3, 0.4) is 0 Å². The predicted molar refractivity (Wildman–Crippen MR) is 76.3 cm³/mol. The number of hydrogen-bond donors (Lipinski definition) is 3. The van der Waals surface area contributed by atoms with Crippen molar-refractivity contribution < 1.29 is 18.4 Å². The summed E-state index contributed by atoms with van der Waals surface area (Å²) in [4.78, 5) is 27.0. The lowest BCUT2D eigenvalue weighted by Gasteiger charge is -2.14. The number of aromatic nitrogens is 1. The minimum atomic E-state index is -3.12. The van der Waals surface area contributed by atoms with Crippen molar-refractivity contribution in [2.75, 3.05) is 18.4 Å². The van der Waals surface area contributed by atoms with E-state index in [2.05, 4.69) is 15.6 Å². The molecule has 0 aliphatic carbocycles. The van der Waals surface area contributed by atoms with Crippen molar-refractivity contribution in [2.24, 2.45) is 11.7 Å². The zero-order chi connectivity index (χ0) is 16.0. The molecule has 118 valence electrons. The van der Waals surface area contributed by atoms with Gasteiger partial charge >= 0.3 is 0 Å². The van der Waals surface area contributed by atoms with Gasteiger partial charge in [-0.05, 0) is 0 Å². The quantitative estimate of drug-likeness (QED) is 0.698. The van der Waals surface area contributed by atoms with Gasteiger partial charge in [-0.15, -0.1) is 11.3 Å². The van der Waals surface area contributed by atoms with E-state index in [4.69, 9.17) is 5.73 Å². The van der Waals surface area contributed by atoms with Gasteiger partial charge in [0.2, 0.25) is 11.8 Å². The number of nitrogens with two attached hydrogens (primary N) is 1. The van der Waals surface area contributed by atoms with Gasteiger partial charge in [0.05, 0.1) is 25.2 Å². The summed E-state index contributed by atoms with van der Waals surface area (Å²) in [6.45, 7) is 1.86. The van der Waals surface area contributed by atoms with Gasteiger partial charge in [0, 0.05) is 11.3 Å². The Morgan fingerprint density at radius 2 is 2.14 bits per heavy atom. The number of anilines is 1. The van der Waals surface area contributed by atoms with Crippen LogP contribution in [-0.4, -0.2) is 35.8 Å². The van der Waals surface area contributed by atoms with Crippen molar-refractivity contribution in [1.82, 2.24) is 10.3 Å². The van der Waals surface area contributed by atoms with E-state index in [1.807, 2.05) is 0 Å². The Labute approximate surface area is 125 Å². The predicted octanol–water partition coefficient (Wildman–Crippen LogP) is 0.990. The molecule has 0 saturated carbocycles. The van der Waals surface area contributed by atoms with Gasteiger partial charge in [-0.1, -0.05) is 13.8 Å². The summed E-state index contributed by atoms with van der Waals surface area (Å²) in [7, 11) is 0. The van der Waals surface area contributed by atoms with Gasteiger partial charge in [-0.3, -0.25) is 9.59 Å². The fraction of sp³-hybridized carbons (Fsp3) is 0.583. The third-order valence-electron chi connectivity index (χ3n) is 2.49. The van der Waals surface area contributed by atoms with Crippen molar-refractivity contribution in [1.29, 1.82) is 0 Å². The first-order valence-electron chi connectivity index (χ1n) is 6.33. The van der Waals surface area contributed by atoms with Crippen LogP contribution in [0, 0.1) is 5.92 Å². The first-order chi connectivity index (χ1) is 9.73. The third-order valence-corrected chi connectivity index (χ3v) is 3.30. The van der Waals surface area contributed by atoms with Crippen LogP contribution in [0.15, 0.2) is 5.38 Å². The molecular formula is C12H18F2N4O2S. The minimum Gasteiger partial charge on any atom is -0.350 e. The molecule has 0 aliphatic heterocycles. The number of nitrogens with zero attached hydrogens (tertiary/aromatic N) is 1. The van der Waals surface area contributed by atoms with Crippen molar-refractivity contribution in [2.45, 2.75) is 26.2 Å². The molecule has 4 N–H and O–H groups in total. The van der Waals surface area contributed by atoms with Crippen LogP contribution in [0.25, 0.3) is 0 Å². The Kier molecular flexibility index (Phi) is 6.16. The zero-order valence-electron chi connectivity index (χ0n) is 11.8. The van der Waals surface area contributed by atoms with Crippen LogP contribution in [-0.2, 0) is 16.0 Å². The minimum absolute atomic E-state index is 0.130. The fourth-order valence-electron chi connectivity index (χ4n) is 1.22. The second-order valence-corrected chi connectivity index (χ2v) is 5.66. The number of halogens is 2. The summed E-state index contributed by atoms with van der Waals surface area (Å²) < 4.78 is 25.7. The van der Waals surface area contributed by atoms with Crippen LogP contribution >= 0.6 is 11.3 Å². The van der Waals surface area contributed by atoms with E-state index in [-0.39, 0.29) is 18.2 Å². The largest absolute Gasteiger partial charge is 0.350 e. The normalized spacial score (nSPS) is 11.5. The van der Waals surface area contributed by atoms with Crippen LogP contribution in [0.1, 0.15) is 19.5 Å². The van der Waals surface area contributed by atoms with E-state index >= 15 is 0 Å². The summed E-state index contributed by atoms with van der Waals surface area (Å²) in [5.74, 6) is -4.05. The fourth-order valence-corrected chi connectivity index (χ4v) is 1.94. The molecule has 0 unspecified atom stereocenters. The summed E-state index contributed by atoms with van der Waals surface area (Å²) in [6.07, 6.45) is -0.130. The lowest BCUT2D eigenvalue weighted by atomic mass is 10.2. The Balaban J connectivity index is 2.47. The number of rotatable bonds is 7. The van der Waals surface area contributed by atoms with Crippen LogP contribution in [0.2, 0.25) is 0 Å². The standard InChI is InChI=1S/C12H18F2N4O2S/c1-7(2)10(20)18-11-17-8(4-21-11)3-9(19)16-6-12(13,14)5-15/h4,7H,3,5-6,15H2,1-2H3,(H,16,19)(H,17,18,20). The molecule has 1 rings (SSSR count). The van der Waals surface area contributed by atoms with Crippen LogP contribution in [0.5, 0.6) is 0 Å². The molecule has 1 aromatic rings. The molecule has 0 aromatic carbocycles. The highest BCUT2D eigenvalue weighted by Crippen LogP contribution is 2.17. The number of carbonyl (C=O) groups is 2. The number of hydrogen-bond acceptors (Lipinski definition) is 5. The van der Waals surface area contributed by atoms with Crippen molar-refractivity contribution in [3.05, 3.63) is 11.1 Å². The van der Waals surface area contributed by atoms with Crippen molar-refractivity contribution in [3.8, 4) is 0 Å². The summed E-state index contributed by atoms with van der Waals surface area (Å²) in [6, 6.07) is 0. The number of amides is 2. The molecule has 1 heterocycles. The number of nitrogens with one attached hydrogen (secondary N) is 2. The molecule has 0 saturated heterocycles. The van der Waals surface area contributed by atoms with E-state index in [1.165, 1.54) is 11.3 Å². The second-order valence-electron chi connectivity index (χ2n) is 4.80. The lowest BCUT2D eigenvalue weighted by Crippen LogP contribution is -2.42. The molecule has 0 fully saturated rings. The Morgan fingerprint density at radius 3 is 2.71 bits per heavy atom. The average Bonchev–Trinajstić information content (AvgIpc) is 2.83. The zero-order valence-corrected chi connectivity index (χ0v) is 12.6. The maximum atomic E-state index is 12.9. The number of alkyl halides is 2. The molecule has 21 heavy (non-hydrogen) atoms. The van der Waals surface area contributed by atoms with E-state index in [0.717, 1.165) is 0 Å². The first-order valence-corrected chi connectivity index (χ1v) is 7.21. The molecule has 0 atom stereocenters. The van der Waals surface area contributed by atoms with Gasteiger partial charge in [0.25, 0.3) is 5.92 Å². The molecule has 2 amide bonds. The molecule has 0 radical (unpaired) electrons. The maximum Gasteiger partial charge on any atom is 0.277 e. The summed E-state index contributed by atoms with van der Waals surface area (Å²) in [5.41, 5.74) is 5.28. The van der Waals surface area contributed by atoms with E-state index in [0.29, 0.717) is 10.8 Å². The Bertz CT molecular complexity index is 505. The lowest BCUT2D eigenvalue weighted by molar-refractivity contribution is -0.122. The van der Waals surface area contributed by atoms with Crippen LogP contribution < -0.4 is 16.4 Å². The smallest absolute Gasteiger partial charge is 0.277 e. The average molecular weight is 320 g/mol. The highest BCUT2D eigenvalue weighted by molar-refractivity contribution is 7.13. The molecule has 0 spiro atoms. The Morgan fingerprint density at radius 1 is 1.48 bits per heavy atom. The van der Waals surface area contributed by atoms with Crippen LogP contribution in [0.4, 0.5) is 13.9 Å². The first kappa shape index (κ1) is 17.4. The van der Waals surface area contributed by atoms with Gasteiger partial charge < -0.3 is 16.4 Å². The molecule has 0 bridgehead atoms. The monoisotopic (exact) mass is 320 g/mol. The van der Waals surface area contributed by atoms with Crippen molar-refractivity contribution in [3.63, 3.8) is 0 Å². The molecule has 9 heteroatoms. The van der Waals surface area contributed by atoms with E-state index < -0.39 is 24.9 Å². The molecule has 0 aliphatic rings. The number of carbonyl (C=O) groups excluding carboxylic acids is 2. The van der Waals surface area contributed by atoms with Gasteiger partial charge in [-0.25, -0.2) is 13.8 Å². The second kappa shape index (κ2) is 7.41. The van der Waals surface area contributed by atoms with Gasteiger partial charge in [0.15, 0.2) is 5.13 Å². The Hall–Kier alpha value is -1.61. The summed E-state index contributed by atoms with van der Waals surface area (Å²) in [5, 5.41) is 6.67. The molecular weight excluding hydrogens is 302 g/mol. The van der Waals surface area contributed by atoms with E-state index in [1.54, 1.807) is 19.2 Å². The molecule has 6 nitrogen and oxygen atoms in total.